The van der Waals surface area contributed by atoms with E-state index in [1.54, 1.807) is 31.2 Å². The monoisotopic (exact) mass is 592 g/mol. The Morgan fingerprint density at radius 2 is 1.60 bits per heavy atom. The Morgan fingerprint density at radius 3 is 2.27 bits per heavy atom. The second-order valence-electron chi connectivity index (χ2n) is 9.30. The van der Waals surface area contributed by atoms with Gasteiger partial charge in [-0.05, 0) is 61.0 Å². The van der Waals surface area contributed by atoms with E-state index < -0.39 is 0 Å². The van der Waals surface area contributed by atoms with Crippen molar-refractivity contribution in [2.75, 3.05) is 41.7 Å². The fourth-order valence-electron chi connectivity index (χ4n) is 4.52. The quantitative estimate of drug-likeness (QED) is 0.258. The molecule has 3 aromatic carbocycles. The van der Waals surface area contributed by atoms with Crippen molar-refractivity contribution in [3.8, 4) is 0 Å². The van der Waals surface area contributed by atoms with E-state index in [0.29, 0.717) is 58.2 Å². The maximum absolute atomic E-state index is 13.4. The Balaban J connectivity index is 1.27. The highest BCUT2D eigenvalue weighted by Gasteiger charge is 2.33. The van der Waals surface area contributed by atoms with E-state index in [0.717, 1.165) is 5.69 Å². The summed E-state index contributed by atoms with van der Waals surface area (Å²) in [6.07, 6.45) is 1.62. The number of hydrogen-bond acceptors (Lipinski definition) is 6. The standard InChI is InChI=1S/C30H26Cl2N4O3S/c1-20(37)21-10-12-23(13-11-21)34-14-16-35(17-15-34)27(38)19-40-30-33-26(18-22-6-5-9-25(31)28(22)32)29(39)36(30)24-7-3-2-4-8-24/h2-13,18H,14-17,19H2,1H3. The number of aliphatic imine (C=N–C) groups is 1. The van der Waals surface area contributed by atoms with Crippen molar-refractivity contribution in [2.45, 2.75) is 6.92 Å². The molecular weight excluding hydrogens is 567 g/mol. The van der Waals surface area contributed by atoms with Crippen LogP contribution < -0.4 is 9.80 Å². The fraction of sp³-hybridized carbons (Fsp3) is 0.200. The lowest BCUT2D eigenvalue weighted by Gasteiger charge is -2.36. The van der Waals surface area contributed by atoms with Crippen molar-refractivity contribution < 1.29 is 14.4 Å². The molecule has 7 nitrogen and oxygen atoms in total. The summed E-state index contributed by atoms with van der Waals surface area (Å²) in [4.78, 5) is 48.3. The van der Waals surface area contributed by atoms with Gasteiger partial charge in [-0.1, -0.05) is 65.3 Å². The zero-order chi connectivity index (χ0) is 28.2. The summed E-state index contributed by atoms with van der Waals surface area (Å²) in [7, 11) is 0. The van der Waals surface area contributed by atoms with Crippen molar-refractivity contribution >= 4 is 75.2 Å². The molecule has 2 amide bonds. The lowest BCUT2D eigenvalue weighted by Crippen LogP contribution is -2.49. The minimum absolute atomic E-state index is 0.0185. The van der Waals surface area contributed by atoms with Gasteiger partial charge in [0.15, 0.2) is 11.0 Å². The number of Topliss-reactive ketones (excluding diaryl/α,β-unsaturated/α-hetero) is 1. The van der Waals surface area contributed by atoms with Gasteiger partial charge in [0.1, 0.15) is 5.70 Å². The lowest BCUT2D eigenvalue weighted by molar-refractivity contribution is -0.128. The molecule has 3 aromatic rings. The average Bonchev–Trinajstić information content (AvgIpc) is 3.29. The number of carbonyl (C=O) groups excluding carboxylic acids is 3. The van der Waals surface area contributed by atoms with Crippen LogP contribution in [0.1, 0.15) is 22.8 Å². The predicted octanol–water partition coefficient (Wildman–Crippen LogP) is 6.02. The third kappa shape index (κ3) is 6.09. The second-order valence-corrected chi connectivity index (χ2v) is 11.0. The lowest BCUT2D eigenvalue weighted by atomic mass is 10.1. The number of halogens is 2. The molecule has 5 rings (SSSR count). The van der Waals surface area contributed by atoms with Crippen LogP contribution in [0.3, 0.4) is 0 Å². The highest BCUT2D eigenvalue weighted by Crippen LogP contribution is 2.32. The number of anilines is 2. The molecular formula is C30H26Cl2N4O3S. The Labute approximate surface area is 247 Å². The first kappa shape index (κ1) is 28.0. The smallest absolute Gasteiger partial charge is 0.283 e. The van der Waals surface area contributed by atoms with E-state index in [1.165, 1.54) is 16.7 Å². The van der Waals surface area contributed by atoms with Gasteiger partial charge in [-0.2, -0.15) is 0 Å². The Bertz CT molecular complexity index is 1500. The van der Waals surface area contributed by atoms with Crippen LogP contribution in [0.25, 0.3) is 6.08 Å². The number of ketones is 1. The van der Waals surface area contributed by atoms with Crippen LogP contribution in [0.4, 0.5) is 11.4 Å². The topological polar surface area (TPSA) is 73.3 Å². The number of para-hydroxylation sites is 1. The van der Waals surface area contributed by atoms with Crippen LogP contribution in [0, 0.1) is 0 Å². The van der Waals surface area contributed by atoms with Crippen molar-refractivity contribution in [3.63, 3.8) is 0 Å². The van der Waals surface area contributed by atoms with Crippen LogP contribution in [-0.2, 0) is 9.59 Å². The Hall–Kier alpha value is -3.59. The highest BCUT2D eigenvalue weighted by molar-refractivity contribution is 8.14. The molecule has 1 fully saturated rings. The number of piperazine rings is 1. The van der Waals surface area contributed by atoms with E-state index in [1.807, 2.05) is 59.5 Å². The van der Waals surface area contributed by atoms with Gasteiger partial charge in [-0.15, -0.1) is 0 Å². The van der Waals surface area contributed by atoms with Crippen molar-refractivity contribution in [2.24, 2.45) is 4.99 Å². The SMILES string of the molecule is CC(=O)c1ccc(N2CCN(C(=O)CSC3=NC(=Cc4cccc(Cl)c4Cl)C(=O)N3c3ccccc3)CC2)cc1. The predicted molar refractivity (Wildman–Crippen MR) is 163 cm³/mol. The maximum atomic E-state index is 13.4. The largest absolute Gasteiger partial charge is 0.368 e. The van der Waals surface area contributed by atoms with Gasteiger partial charge in [0.2, 0.25) is 5.91 Å². The fourth-order valence-corrected chi connectivity index (χ4v) is 5.79. The number of thioether (sulfide) groups is 1. The van der Waals surface area contributed by atoms with Crippen molar-refractivity contribution in [1.82, 2.24) is 4.90 Å². The zero-order valence-electron chi connectivity index (χ0n) is 21.7. The van der Waals surface area contributed by atoms with Crippen LogP contribution in [0.5, 0.6) is 0 Å². The van der Waals surface area contributed by atoms with E-state index in [2.05, 4.69) is 9.89 Å². The van der Waals surface area contributed by atoms with E-state index in [-0.39, 0.29) is 29.0 Å². The van der Waals surface area contributed by atoms with Crippen molar-refractivity contribution in [1.29, 1.82) is 0 Å². The van der Waals surface area contributed by atoms with Gasteiger partial charge >= 0.3 is 0 Å². The molecule has 40 heavy (non-hydrogen) atoms. The summed E-state index contributed by atoms with van der Waals surface area (Å²) in [5.74, 6) is -0.139. The second kappa shape index (κ2) is 12.3. The summed E-state index contributed by atoms with van der Waals surface area (Å²) in [6.45, 7) is 4.10. The number of rotatable bonds is 6. The summed E-state index contributed by atoms with van der Waals surface area (Å²) in [5, 5.41) is 1.16. The minimum Gasteiger partial charge on any atom is -0.368 e. The van der Waals surface area contributed by atoms with Gasteiger partial charge < -0.3 is 9.80 Å². The van der Waals surface area contributed by atoms with Gasteiger partial charge in [0.05, 0.1) is 21.5 Å². The molecule has 0 aromatic heterocycles. The number of amidine groups is 1. The van der Waals surface area contributed by atoms with Gasteiger partial charge in [0.25, 0.3) is 5.91 Å². The third-order valence-corrected chi connectivity index (χ3v) is 8.47. The molecule has 0 atom stereocenters. The summed E-state index contributed by atoms with van der Waals surface area (Å²) >= 11 is 13.7. The van der Waals surface area contributed by atoms with Gasteiger partial charge in [-0.3, -0.25) is 19.3 Å². The summed E-state index contributed by atoms with van der Waals surface area (Å²) in [6, 6.07) is 22.0. The molecule has 0 radical (unpaired) electrons. The van der Waals surface area contributed by atoms with Gasteiger partial charge in [0, 0.05) is 37.4 Å². The molecule has 0 unspecified atom stereocenters. The van der Waals surface area contributed by atoms with Crippen molar-refractivity contribution in [3.05, 3.63) is 99.7 Å². The van der Waals surface area contributed by atoms with E-state index >= 15 is 0 Å². The maximum Gasteiger partial charge on any atom is 0.283 e. The highest BCUT2D eigenvalue weighted by atomic mass is 35.5. The zero-order valence-corrected chi connectivity index (χ0v) is 24.0. The first-order valence-corrected chi connectivity index (χ1v) is 14.5. The van der Waals surface area contributed by atoms with Gasteiger partial charge in [-0.25, -0.2) is 4.99 Å². The third-order valence-electron chi connectivity index (χ3n) is 6.71. The average molecular weight is 594 g/mol. The summed E-state index contributed by atoms with van der Waals surface area (Å²) < 4.78 is 0. The van der Waals surface area contributed by atoms with E-state index in [9.17, 15) is 14.4 Å². The normalized spacial score (nSPS) is 16.5. The Morgan fingerprint density at radius 1 is 0.900 bits per heavy atom. The first-order valence-electron chi connectivity index (χ1n) is 12.7. The van der Waals surface area contributed by atoms with Crippen LogP contribution in [0.2, 0.25) is 10.0 Å². The molecule has 1 saturated heterocycles. The molecule has 0 aliphatic carbocycles. The van der Waals surface area contributed by atoms with Crippen LogP contribution in [-0.4, -0.2) is 59.6 Å². The number of benzene rings is 3. The molecule has 0 saturated carbocycles. The van der Waals surface area contributed by atoms with E-state index in [4.69, 9.17) is 23.2 Å². The molecule has 204 valence electrons. The number of carbonyl (C=O) groups is 3. The van der Waals surface area contributed by atoms with Crippen LogP contribution >= 0.6 is 35.0 Å². The Kier molecular flexibility index (Phi) is 8.59. The molecule has 0 bridgehead atoms. The molecule has 2 aliphatic heterocycles. The summed E-state index contributed by atoms with van der Waals surface area (Å²) in [5.41, 5.74) is 3.18. The first-order chi connectivity index (χ1) is 19.3. The molecule has 2 aliphatic rings. The number of nitrogens with zero attached hydrogens (tertiary/aromatic N) is 4. The molecule has 0 spiro atoms. The number of hydrogen-bond donors (Lipinski definition) is 0. The van der Waals surface area contributed by atoms with Crippen LogP contribution in [0.15, 0.2) is 83.5 Å². The molecule has 2 heterocycles. The number of amides is 2. The minimum atomic E-state index is -0.304. The molecule has 10 heteroatoms. The molecule has 0 N–H and O–H groups in total.